The first-order chi connectivity index (χ1) is 14.4. The van der Waals surface area contributed by atoms with E-state index < -0.39 is 0 Å². The Morgan fingerprint density at radius 3 is 2.87 bits per heavy atom. The molecule has 0 spiro atoms. The molecular weight excluding hydrogens is 394 g/mol. The summed E-state index contributed by atoms with van der Waals surface area (Å²) < 4.78 is 6.81. The van der Waals surface area contributed by atoms with Crippen molar-refractivity contribution in [3.8, 4) is 0 Å². The molecule has 2 saturated carbocycles. The molecule has 0 amide bonds. The fourth-order valence-electron chi connectivity index (χ4n) is 6.41. The first kappa shape index (κ1) is 21.8. The zero-order valence-electron chi connectivity index (χ0n) is 18.5. The highest BCUT2D eigenvalue weighted by atomic mass is 32.1. The number of aliphatic hydroxyl groups is 1. The molecule has 2 aromatic rings. The van der Waals surface area contributed by atoms with Crippen molar-refractivity contribution in [1.29, 1.82) is 0 Å². The number of thiazole rings is 1. The van der Waals surface area contributed by atoms with E-state index in [0.717, 1.165) is 47.3 Å². The van der Waals surface area contributed by atoms with Crippen LogP contribution >= 0.6 is 11.3 Å². The van der Waals surface area contributed by atoms with E-state index in [9.17, 15) is 9.90 Å². The molecule has 0 saturated heterocycles. The van der Waals surface area contributed by atoms with Gasteiger partial charge in [-0.25, -0.2) is 4.98 Å². The molecule has 1 aromatic carbocycles. The van der Waals surface area contributed by atoms with Gasteiger partial charge < -0.3 is 9.84 Å². The van der Waals surface area contributed by atoms with E-state index in [-0.39, 0.29) is 18.2 Å². The lowest BCUT2D eigenvalue weighted by Gasteiger charge is -2.45. The Kier molecular flexibility index (Phi) is 6.50. The van der Waals surface area contributed by atoms with Crippen LogP contribution in [0.25, 0.3) is 10.2 Å². The predicted octanol–water partition coefficient (Wildman–Crippen LogP) is 6.28. The Hall–Kier alpha value is -1.46. The maximum atomic E-state index is 11.7. The Bertz CT molecular complexity index is 847. The van der Waals surface area contributed by atoms with Crippen molar-refractivity contribution in [3.63, 3.8) is 0 Å². The minimum atomic E-state index is -0.254. The van der Waals surface area contributed by atoms with Gasteiger partial charge in [-0.15, -0.1) is 11.3 Å². The molecule has 0 aliphatic heterocycles. The number of ether oxygens (including phenoxy) is 1. The summed E-state index contributed by atoms with van der Waals surface area (Å²) in [6, 6.07) is 8.09. The number of para-hydroxylation sites is 1. The number of rotatable bonds is 7. The van der Waals surface area contributed by atoms with Crippen molar-refractivity contribution in [2.45, 2.75) is 84.3 Å². The summed E-state index contributed by atoms with van der Waals surface area (Å²) in [6.07, 6.45) is 8.42. The number of fused-ring (bicyclic) bond motifs is 2. The molecule has 0 bridgehead atoms. The quantitative estimate of drug-likeness (QED) is 0.526. The molecule has 0 radical (unpaired) electrons. The van der Waals surface area contributed by atoms with Gasteiger partial charge in [0.2, 0.25) is 0 Å². The average molecular weight is 430 g/mol. The summed E-state index contributed by atoms with van der Waals surface area (Å²) in [5.41, 5.74) is 1.27. The van der Waals surface area contributed by atoms with Gasteiger partial charge in [-0.3, -0.25) is 4.79 Å². The van der Waals surface area contributed by atoms with Gasteiger partial charge in [0.1, 0.15) is 5.01 Å². The zero-order valence-corrected chi connectivity index (χ0v) is 19.3. The molecule has 30 heavy (non-hydrogen) atoms. The van der Waals surface area contributed by atoms with Crippen molar-refractivity contribution >= 4 is 27.5 Å². The van der Waals surface area contributed by atoms with E-state index in [0.29, 0.717) is 23.2 Å². The highest BCUT2D eigenvalue weighted by Crippen LogP contribution is 2.58. The molecule has 4 rings (SSSR count). The number of hydrogen-bond donors (Lipinski definition) is 1. The molecule has 1 aromatic heterocycles. The van der Waals surface area contributed by atoms with Gasteiger partial charge in [0, 0.05) is 6.92 Å². The first-order valence-corrected chi connectivity index (χ1v) is 12.4. The van der Waals surface area contributed by atoms with Gasteiger partial charge in [0.25, 0.3) is 0 Å². The van der Waals surface area contributed by atoms with Crippen LogP contribution in [-0.4, -0.2) is 22.2 Å². The van der Waals surface area contributed by atoms with Gasteiger partial charge in [-0.1, -0.05) is 38.8 Å². The third-order valence-electron chi connectivity index (χ3n) is 7.87. The number of nitrogens with zero attached hydrogens (tertiary/aromatic N) is 1. The number of carbonyl (C=O) groups is 1. The zero-order chi connectivity index (χ0) is 21.3. The minimum absolute atomic E-state index is 0.103. The van der Waals surface area contributed by atoms with Crippen LogP contribution in [0, 0.1) is 23.2 Å². The Balaban J connectivity index is 1.39. The van der Waals surface area contributed by atoms with Gasteiger partial charge in [-0.05, 0) is 73.8 Å². The van der Waals surface area contributed by atoms with Crippen LogP contribution < -0.4 is 0 Å². The lowest BCUT2D eigenvalue weighted by Crippen LogP contribution is -2.41. The average Bonchev–Trinajstić information content (AvgIpc) is 3.28. The Morgan fingerprint density at radius 1 is 1.30 bits per heavy atom. The number of aliphatic hydroxyl groups excluding tert-OH is 1. The maximum Gasteiger partial charge on any atom is 0.303 e. The third kappa shape index (κ3) is 4.29. The molecule has 1 N–H and O–H groups in total. The fourth-order valence-corrected chi connectivity index (χ4v) is 7.44. The second-order valence-corrected chi connectivity index (χ2v) is 10.8. The first-order valence-electron chi connectivity index (χ1n) is 11.6. The Labute approximate surface area is 184 Å². The summed E-state index contributed by atoms with van der Waals surface area (Å²) in [6.45, 7) is 6.30. The van der Waals surface area contributed by atoms with Crippen LogP contribution in [0.15, 0.2) is 24.3 Å². The molecular formula is C25H35NO3S. The molecule has 164 valence electrons. The smallest absolute Gasteiger partial charge is 0.303 e. The molecule has 1 heterocycles. The van der Waals surface area contributed by atoms with E-state index >= 15 is 0 Å². The van der Waals surface area contributed by atoms with Crippen LogP contribution in [0.1, 0.15) is 83.2 Å². The summed E-state index contributed by atoms with van der Waals surface area (Å²) in [5.74, 6) is 1.55. The predicted molar refractivity (Wildman–Crippen MR) is 121 cm³/mol. The molecule has 5 heteroatoms. The lowest BCUT2D eigenvalue weighted by molar-refractivity contribution is -0.147. The van der Waals surface area contributed by atoms with Crippen molar-refractivity contribution in [2.75, 3.05) is 0 Å². The van der Waals surface area contributed by atoms with Crippen LogP contribution in [0.2, 0.25) is 0 Å². The Morgan fingerprint density at radius 2 is 2.10 bits per heavy atom. The van der Waals surface area contributed by atoms with E-state index in [1.165, 1.54) is 26.2 Å². The van der Waals surface area contributed by atoms with Crippen molar-refractivity contribution < 1.29 is 14.6 Å². The van der Waals surface area contributed by atoms with Gasteiger partial charge in [0.05, 0.1) is 16.3 Å². The number of carbonyl (C=O) groups excluding carboxylic acids is 1. The fraction of sp³-hybridized carbons (Fsp3) is 0.680. The standard InChI is InChI=1S/C25H35NO3S/c1-16(18-13-14-19-21(28)10-7-15-25(18,19)3)8-6-11-22(29-17(2)27)24-26-20-9-4-5-12-23(20)30-24/h4-5,9,12,16,18-19,21-22,28H,6-8,10-11,13-15H2,1-3H3. The molecule has 2 aliphatic rings. The van der Waals surface area contributed by atoms with Crippen molar-refractivity contribution in [2.24, 2.45) is 23.2 Å². The third-order valence-corrected chi connectivity index (χ3v) is 9.00. The van der Waals surface area contributed by atoms with Crippen LogP contribution in [-0.2, 0) is 9.53 Å². The minimum Gasteiger partial charge on any atom is -0.455 e. The second kappa shape index (κ2) is 8.96. The summed E-state index contributed by atoms with van der Waals surface area (Å²) in [7, 11) is 0. The highest BCUT2D eigenvalue weighted by Gasteiger charge is 2.51. The van der Waals surface area contributed by atoms with Crippen LogP contribution in [0.3, 0.4) is 0 Å². The van der Waals surface area contributed by atoms with Crippen molar-refractivity contribution in [1.82, 2.24) is 4.98 Å². The molecule has 6 atom stereocenters. The second-order valence-electron chi connectivity index (χ2n) is 9.78. The molecule has 2 fully saturated rings. The van der Waals surface area contributed by atoms with E-state index in [1.54, 1.807) is 11.3 Å². The number of hydrogen-bond acceptors (Lipinski definition) is 5. The number of benzene rings is 1. The van der Waals surface area contributed by atoms with Gasteiger partial charge >= 0.3 is 5.97 Å². The number of aromatic nitrogens is 1. The molecule has 4 nitrogen and oxygen atoms in total. The van der Waals surface area contributed by atoms with Crippen LogP contribution in [0.5, 0.6) is 0 Å². The molecule has 2 aliphatic carbocycles. The van der Waals surface area contributed by atoms with E-state index in [1.807, 2.05) is 18.2 Å². The normalized spacial score (nSPS) is 30.7. The number of esters is 1. The van der Waals surface area contributed by atoms with Gasteiger partial charge in [0.15, 0.2) is 6.10 Å². The van der Waals surface area contributed by atoms with Crippen LogP contribution in [0.4, 0.5) is 0 Å². The SMILES string of the molecule is CC(=O)OC(CCCC(C)C1CCC2C(O)CCCC12C)c1nc2ccccc2s1. The van der Waals surface area contributed by atoms with Crippen molar-refractivity contribution in [3.05, 3.63) is 29.3 Å². The lowest BCUT2D eigenvalue weighted by atomic mass is 9.61. The monoisotopic (exact) mass is 429 g/mol. The maximum absolute atomic E-state index is 11.7. The topological polar surface area (TPSA) is 59.4 Å². The largest absolute Gasteiger partial charge is 0.455 e. The summed E-state index contributed by atoms with van der Waals surface area (Å²) in [4.78, 5) is 16.4. The van der Waals surface area contributed by atoms with Gasteiger partial charge in [-0.2, -0.15) is 0 Å². The molecule has 6 unspecified atom stereocenters. The highest BCUT2D eigenvalue weighted by molar-refractivity contribution is 7.18. The van der Waals surface area contributed by atoms with E-state index in [4.69, 9.17) is 9.72 Å². The summed E-state index contributed by atoms with van der Waals surface area (Å²) >= 11 is 1.63. The van der Waals surface area contributed by atoms with E-state index in [2.05, 4.69) is 19.9 Å². The summed E-state index contributed by atoms with van der Waals surface area (Å²) in [5, 5.41) is 11.4.